The summed E-state index contributed by atoms with van der Waals surface area (Å²) < 4.78 is 5.06. The lowest BCUT2D eigenvalue weighted by atomic mass is 9.91. The van der Waals surface area contributed by atoms with E-state index in [1.54, 1.807) is 11.1 Å². The van der Waals surface area contributed by atoms with Crippen LogP contribution in [-0.2, 0) is 9.53 Å². The van der Waals surface area contributed by atoms with Crippen molar-refractivity contribution in [3.63, 3.8) is 0 Å². The van der Waals surface area contributed by atoms with E-state index in [1.165, 1.54) is 0 Å². The first-order valence-corrected chi connectivity index (χ1v) is 7.06. The highest BCUT2D eigenvalue weighted by molar-refractivity contribution is 9.11. The van der Waals surface area contributed by atoms with Crippen LogP contribution >= 0.6 is 31.9 Å². The van der Waals surface area contributed by atoms with E-state index in [0.29, 0.717) is 11.7 Å². The molecule has 0 aromatic heterocycles. The van der Waals surface area contributed by atoms with Gasteiger partial charge in [0, 0.05) is 22.0 Å². The van der Waals surface area contributed by atoms with E-state index >= 15 is 0 Å². The molecule has 84 valence electrons. The fourth-order valence-corrected chi connectivity index (χ4v) is 2.38. The molecule has 1 aliphatic heterocycles. The minimum Gasteiger partial charge on any atom is -0.422 e. The number of alkyl halides is 1. The zero-order valence-corrected chi connectivity index (χ0v) is 11.8. The van der Waals surface area contributed by atoms with Crippen molar-refractivity contribution < 1.29 is 9.53 Å². The zero-order valence-electron chi connectivity index (χ0n) is 8.63. The summed E-state index contributed by atoms with van der Waals surface area (Å²) in [5, 5.41) is 0.999. The Morgan fingerprint density at radius 3 is 2.87 bits per heavy atom. The van der Waals surface area contributed by atoms with Gasteiger partial charge >= 0.3 is 5.97 Å². The molecule has 1 unspecified atom stereocenters. The topological polar surface area (TPSA) is 26.3 Å². The molecule has 0 fully saturated rings. The number of allylic oxidation sites excluding steroid dienone is 1. The quantitative estimate of drug-likeness (QED) is 0.561. The fourth-order valence-electron chi connectivity index (χ4n) is 1.70. The van der Waals surface area contributed by atoms with Crippen molar-refractivity contribution in [2.45, 2.75) is 26.2 Å². The molecule has 0 N–H and O–H groups in total. The van der Waals surface area contributed by atoms with Crippen LogP contribution in [0.3, 0.4) is 0 Å². The molecular weight excluding hydrogens is 324 g/mol. The molecule has 2 nitrogen and oxygen atoms in total. The van der Waals surface area contributed by atoms with Gasteiger partial charge in [-0.3, -0.25) is 0 Å². The van der Waals surface area contributed by atoms with Crippen LogP contribution < -0.4 is 0 Å². The molecule has 1 atom stereocenters. The van der Waals surface area contributed by atoms with Crippen LogP contribution in [-0.4, -0.2) is 11.3 Å². The number of ether oxygens (including phenoxy) is 1. The maximum atomic E-state index is 11.1. The average molecular weight is 338 g/mol. The molecule has 0 aromatic carbocycles. The van der Waals surface area contributed by atoms with Crippen molar-refractivity contribution >= 4 is 37.8 Å². The lowest BCUT2D eigenvalue weighted by Gasteiger charge is -2.15. The Bertz CT molecular complexity index is 295. The Morgan fingerprint density at radius 2 is 2.33 bits per heavy atom. The van der Waals surface area contributed by atoms with Gasteiger partial charge in [-0.25, -0.2) is 4.79 Å². The third kappa shape index (κ3) is 3.45. The van der Waals surface area contributed by atoms with Gasteiger partial charge in [-0.1, -0.05) is 38.8 Å². The average Bonchev–Trinajstić information content (AvgIpc) is 2.61. The van der Waals surface area contributed by atoms with Gasteiger partial charge in [-0.05, 0) is 25.2 Å². The molecule has 0 aliphatic carbocycles. The maximum absolute atomic E-state index is 11.1. The number of esters is 1. The summed E-state index contributed by atoms with van der Waals surface area (Å²) in [6.45, 7) is 2.13. The highest BCUT2D eigenvalue weighted by Crippen LogP contribution is 2.32. The molecule has 0 spiro atoms. The Kier molecular flexibility index (Phi) is 5.61. The number of hydrogen-bond donors (Lipinski definition) is 0. The van der Waals surface area contributed by atoms with Crippen LogP contribution in [0.4, 0.5) is 0 Å². The van der Waals surface area contributed by atoms with Gasteiger partial charge in [0.15, 0.2) is 0 Å². The first-order valence-electron chi connectivity index (χ1n) is 5.03. The zero-order chi connectivity index (χ0) is 11.3. The van der Waals surface area contributed by atoms with E-state index < -0.39 is 0 Å². The number of rotatable bonds is 5. The van der Waals surface area contributed by atoms with Gasteiger partial charge in [0.05, 0.1) is 0 Å². The maximum Gasteiger partial charge on any atom is 0.336 e. The summed E-state index contributed by atoms with van der Waals surface area (Å²) in [6.07, 6.45) is 4.82. The fraction of sp³-hybridized carbons (Fsp3) is 0.545. The van der Waals surface area contributed by atoms with E-state index in [2.05, 4.69) is 38.8 Å². The second kappa shape index (κ2) is 6.48. The van der Waals surface area contributed by atoms with Crippen molar-refractivity contribution in [3.05, 3.63) is 22.4 Å². The van der Waals surface area contributed by atoms with E-state index in [4.69, 9.17) is 4.74 Å². The monoisotopic (exact) mass is 336 g/mol. The highest BCUT2D eigenvalue weighted by atomic mass is 79.9. The molecule has 4 heteroatoms. The van der Waals surface area contributed by atoms with Gasteiger partial charge in [0.25, 0.3) is 0 Å². The third-order valence-electron chi connectivity index (χ3n) is 2.49. The highest BCUT2D eigenvalue weighted by Gasteiger charge is 2.25. The number of halogens is 2. The number of carbonyl (C=O) groups is 1. The van der Waals surface area contributed by atoms with Gasteiger partial charge in [-0.2, -0.15) is 0 Å². The van der Waals surface area contributed by atoms with Gasteiger partial charge in [0.1, 0.15) is 5.76 Å². The minimum absolute atomic E-state index is 0.256. The Balaban J connectivity index is 2.74. The van der Waals surface area contributed by atoms with Crippen molar-refractivity contribution in [1.82, 2.24) is 0 Å². The molecule has 0 bridgehead atoms. The van der Waals surface area contributed by atoms with Gasteiger partial charge < -0.3 is 4.74 Å². The lowest BCUT2D eigenvalue weighted by molar-refractivity contribution is -0.132. The van der Waals surface area contributed by atoms with E-state index in [0.717, 1.165) is 30.2 Å². The molecule has 0 saturated heterocycles. The van der Waals surface area contributed by atoms with Crippen molar-refractivity contribution in [3.8, 4) is 0 Å². The number of carbonyl (C=O) groups excluding carboxylic acids is 1. The normalized spacial score (nSPS) is 20.3. The van der Waals surface area contributed by atoms with Crippen molar-refractivity contribution in [1.29, 1.82) is 0 Å². The van der Waals surface area contributed by atoms with Crippen LogP contribution in [0.1, 0.15) is 26.2 Å². The minimum atomic E-state index is -0.256. The summed E-state index contributed by atoms with van der Waals surface area (Å²) in [4.78, 5) is 12.8. The van der Waals surface area contributed by atoms with Gasteiger partial charge in [0.2, 0.25) is 0 Å². The Labute approximate surface area is 107 Å². The van der Waals surface area contributed by atoms with E-state index in [1.807, 2.05) is 0 Å². The number of hydrogen-bond acceptors (Lipinski definition) is 2. The van der Waals surface area contributed by atoms with Crippen LogP contribution in [0, 0.1) is 5.92 Å². The molecule has 0 amide bonds. The third-order valence-corrected chi connectivity index (χ3v) is 3.46. The van der Waals surface area contributed by atoms with Gasteiger partial charge in [-0.15, -0.1) is 0 Å². The molecule has 1 heterocycles. The predicted octanol–water partition coefficient (Wildman–Crippen LogP) is 3.91. The first kappa shape index (κ1) is 13.0. The van der Waals surface area contributed by atoms with Crippen LogP contribution in [0.2, 0.25) is 0 Å². The van der Waals surface area contributed by atoms with Crippen LogP contribution in [0.25, 0.3) is 0 Å². The predicted molar refractivity (Wildman–Crippen MR) is 68.0 cm³/mol. The summed E-state index contributed by atoms with van der Waals surface area (Å²) in [7, 11) is 0. The van der Waals surface area contributed by atoms with Crippen molar-refractivity contribution in [2.75, 3.05) is 5.33 Å². The molecule has 0 radical (unpaired) electrons. The molecule has 15 heavy (non-hydrogen) atoms. The number of cyclic esters (lactones) is 1. The molecule has 0 saturated carbocycles. The smallest absolute Gasteiger partial charge is 0.336 e. The first-order chi connectivity index (χ1) is 7.22. The Hall–Kier alpha value is -0.0900. The summed E-state index contributed by atoms with van der Waals surface area (Å²) in [5.41, 5.74) is 1.03. The Morgan fingerprint density at radius 1 is 1.60 bits per heavy atom. The largest absolute Gasteiger partial charge is 0.422 e. The van der Waals surface area contributed by atoms with Crippen LogP contribution in [0.15, 0.2) is 22.4 Å². The second-order valence-corrected chi connectivity index (χ2v) is 4.68. The van der Waals surface area contributed by atoms with Crippen LogP contribution in [0.5, 0.6) is 0 Å². The molecule has 1 rings (SSSR count). The van der Waals surface area contributed by atoms with E-state index in [-0.39, 0.29) is 5.97 Å². The molecule has 0 aromatic rings. The summed E-state index contributed by atoms with van der Waals surface area (Å²) in [5.74, 6) is 0.826. The standard InChI is InChI=1S/C11H14Br2O2/c1-2-8(4-3-5-12)9-6-11(14)15-10(9)7-13/h6-8H,2-5H2,1H3. The summed E-state index contributed by atoms with van der Waals surface area (Å²) in [6, 6.07) is 0. The van der Waals surface area contributed by atoms with Crippen molar-refractivity contribution in [2.24, 2.45) is 5.92 Å². The van der Waals surface area contributed by atoms with E-state index in [9.17, 15) is 4.79 Å². The molecule has 1 aliphatic rings. The molecular formula is C11H14Br2O2. The summed E-state index contributed by atoms with van der Waals surface area (Å²) >= 11 is 6.64. The second-order valence-electron chi connectivity index (χ2n) is 3.43. The lowest BCUT2D eigenvalue weighted by Crippen LogP contribution is -2.04. The SMILES string of the molecule is CCC(CCCBr)C1=CC(=O)OC1=CBr.